The maximum atomic E-state index is 13.0. The smallest absolute Gasteiger partial charge is 0.224 e. The lowest BCUT2D eigenvalue weighted by Crippen LogP contribution is -2.13. The van der Waals surface area contributed by atoms with Crippen molar-refractivity contribution in [3.8, 4) is 5.75 Å². The highest BCUT2D eigenvalue weighted by Gasteiger charge is 2.06. The molecule has 0 saturated heterocycles. The summed E-state index contributed by atoms with van der Waals surface area (Å²) in [5.74, 6) is -1.48. The maximum absolute atomic E-state index is 13.0. The third kappa shape index (κ3) is 5.11. The molecule has 0 spiro atoms. The van der Waals surface area contributed by atoms with E-state index in [1.807, 2.05) is 24.3 Å². The molecule has 0 heterocycles. The number of carbonyl (C=O) groups is 1. The number of nitrogens with one attached hydrogen (secondary N) is 1. The Morgan fingerprint density at radius 2 is 1.82 bits per heavy atom. The molecular weight excluding hydrogens is 356 g/mol. The second kappa shape index (κ2) is 7.89. The molecule has 1 N–H and O–H groups in total. The van der Waals surface area contributed by atoms with Crippen molar-refractivity contribution in [3.63, 3.8) is 0 Å². The normalized spacial score (nSPS) is 10.3. The van der Waals surface area contributed by atoms with Gasteiger partial charge in [-0.3, -0.25) is 4.79 Å². The Kier molecular flexibility index (Phi) is 5.89. The zero-order valence-electron chi connectivity index (χ0n) is 11.6. The van der Waals surface area contributed by atoms with Gasteiger partial charge in [-0.05, 0) is 42.8 Å². The van der Waals surface area contributed by atoms with Crippen LogP contribution in [0.5, 0.6) is 5.75 Å². The molecule has 0 atom stereocenters. The van der Waals surface area contributed by atoms with Crippen LogP contribution >= 0.6 is 15.9 Å². The fourth-order valence-electron chi connectivity index (χ4n) is 1.75. The molecule has 3 nitrogen and oxygen atoms in total. The molecule has 116 valence electrons. The van der Waals surface area contributed by atoms with Gasteiger partial charge in [-0.2, -0.15) is 0 Å². The minimum absolute atomic E-state index is 0.232. The molecule has 0 aliphatic carbocycles. The number of hydrogen-bond donors (Lipinski definition) is 1. The number of halogens is 3. The molecule has 2 rings (SSSR count). The lowest BCUT2D eigenvalue weighted by Gasteiger charge is -2.07. The molecule has 0 aromatic heterocycles. The van der Waals surface area contributed by atoms with E-state index in [-0.39, 0.29) is 18.0 Å². The van der Waals surface area contributed by atoms with Crippen molar-refractivity contribution < 1.29 is 18.3 Å². The number of amides is 1. The van der Waals surface area contributed by atoms with Gasteiger partial charge in [0.05, 0.1) is 6.61 Å². The van der Waals surface area contributed by atoms with E-state index in [0.717, 1.165) is 22.4 Å². The summed E-state index contributed by atoms with van der Waals surface area (Å²) < 4.78 is 32.2. The summed E-state index contributed by atoms with van der Waals surface area (Å²) >= 11 is 3.33. The Labute approximate surface area is 135 Å². The van der Waals surface area contributed by atoms with Crippen molar-refractivity contribution in [1.82, 2.24) is 0 Å². The summed E-state index contributed by atoms with van der Waals surface area (Å²) in [5.41, 5.74) is 0.234. The monoisotopic (exact) mass is 369 g/mol. The van der Waals surface area contributed by atoms with Crippen LogP contribution in [-0.2, 0) is 4.79 Å². The highest BCUT2D eigenvalue weighted by molar-refractivity contribution is 9.10. The third-order valence-corrected chi connectivity index (χ3v) is 3.36. The molecule has 6 heteroatoms. The molecule has 0 unspecified atom stereocenters. The second-order valence-electron chi connectivity index (χ2n) is 4.58. The van der Waals surface area contributed by atoms with Gasteiger partial charge in [0, 0.05) is 22.6 Å². The SMILES string of the molecule is O=C(CCCOc1ccc(Br)cc1)Nc1ccc(F)c(F)c1. The summed E-state index contributed by atoms with van der Waals surface area (Å²) in [7, 11) is 0. The van der Waals surface area contributed by atoms with Gasteiger partial charge in [-0.1, -0.05) is 15.9 Å². The second-order valence-corrected chi connectivity index (χ2v) is 5.50. The van der Waals surface area contributed by atoms with Crippen LogP contribution in [-0.4, -0.2) is 12.5 Å². The fraction of sp³-hybridized carbons (Fsp3) is 0.188. The number of anilines is 1. The number of rotatable bonds is 6. The third-order valence-electron chi connectivity index (χ3n) is 2.83. The van der Waals surface area contributed by atoms with Gasteiger partial charge in [0.2, 0.25) is 5.91 Å². The van der Waals surface area contributed by atoms with Gasteiger partial charge < -0.3 is 10.1 Å². The molecular formula is C16H14BrF2NO2. The zero-order chi connectivity index (χ0) is 15.9. The van der Waals surface area contributed by atoms with E-state index < -0.39 is 11.6 Å². The lowest BCUT2D eigenvalue weighted by molar-refractivity contribution is -0.116. The van der Waals surface area contributed by atoms with Crippen molar-refractivity contribution in [1.29, 1.82) is 0 Å². The topological polar surface area (TPSA) is 38.3 Å². The van der Waals surface area contributed by atoms with Crippen LogP contribution in [0.15, 0.2) is 46.9 Å². The van der Waals surface area contributed by atoms with Crippen molar-refractivity contribution >= 4 is 27.5 Å². The fourth-order valence-corrected chi connectivity index (χ4v) is 2.02. The van der Waals surface area contributed by atoms with E-state index in [2.05, 4.69) is 21.2 Å². The molecule has 22 heavy (non-hydrogen) atoms. The van der Waals surface area contributed by atoms with E-state index in [1.54, 1.807) is 0 Å². The molecule has 2 aromatic carbocycles. The van der Waals surface area contributed by atoms with Crippen molar-refractivity contribution in [2.45, 2.75) is 12.8 Å². The van der Waals surface area contributed by atoms with E-state index in [9.17, 15) is 13.6 Å². The Morgan fingerprint density at radius 1 is 1.09 bits per heavy atom. The molecule has 0 aliphatic rings. The first-order chi connectivity index (χ1) is 10.5. The minimum atomic E-state index is -0.989. The predicted molar refractivity (Wildman–Crippen MR) is 83.9 cm³/mol. The number of ether oxygens (including phenoxy) is 1. The van der Waals surface area contributed by atoms with Crippen LogP contribution < -0.4 is 10.1 Å². The van der Waals surface area contributed by atoms with Crippen molar-refractivity contribution in [2.75, 3.05) is 11.9 Å². The quantitative estimate of drug-likeness (QED) is 0.759. The van der Waals surface area contributed by atoms with Gasteiger partial charge in [0.15, 0.2) is 11.6 Å². The van der Waals surface area contributed by atoms with Gasteiger partial charge >= 0.3 is 0 Å². The summed E-state index contributed by atoms with van der Waals surface area (Å²) in [5, 5.41) is 2.51. The van der Waals surface area contributed by atoms with Crippen LogP contribution in [0, 0.1) is 11.6 Å². The minimum Gasteiger partial charge on any atom is -0.494 e. The number of benzene rings is 2. The van der Waals surface area contributed by atoms with Crippen molar-refractivity contribution in [3.05, 3.63) is 58.6 Å². The Balaban J connectivity index is 1.71. The summed E-state index contributed by atoms with van der Waals surface area (Å²) in [6.07, 6.45) is 0.751. The number of carbonyl (C=O) groups excluding carboxylic acids is 1. The van der Waals surface area contributed by atoms with E-state index in [0.29, 0.717) is 13.0 Å². The molecule has 0 radical (unpaired) electrons. The van der Waals surface area contributed by atoms with Gasteiger partial charge in [0.1, 0.15) is 5.75 Å². The molecule has 0 bridgehead atoms. The summed E-state index contributed by atoms with van der Waals surface area (Å²) in [6.45, 7) is 0.396. The molecule has 0 aliphatic heterocycles. The van der Waals surface area contributed by atoms with E-state index >= 15 is 0 Å². The highest BCUT2D eigenvalue weighted by Crippen LogP contribution is 2.16. The summed E-state index contributed by atoms with van der Waals surface area (Å²) in [6, 6.07) is 10.6. The van der Waals surface area contributed by atoms with Crippen LogP contribution in [0.3, 0.4) is 0 Å². The predicted octanol–water partition coefficient (Wildman–Crippen LogP) is 4.53. The standard InChI is InChI=1S/C16H14BrF2NO2/c17-11-3-6-13(7-4-11)22-9-1-2-16(21)20-12-5-8-14(18)15(19)10-12/h3-8,10H,1-2,9H2,(H,20,21). The van der Waals surface area contributed by atoms with Crippen LogP contribution in [0.4, 0.5) is 14.5 Å². The van der Waals surface area contributed by atoms with Crippen LogP contribution in [0.25, 0.3) is 0 Å². The van der Waals surface area contributed by atoms with Crippen LogP contribution in [0.1, 0.15) is 12.8 Å². The molecule has 1 amide bonds. The van der Waals surface area contributed by atoms with Gasteiger partial charge in [0.25, 0.3) is 0 Å². The van der Waals surface area contributed by atoms with Crippen LogP contribution in [0.2, 0.25) is 0 Å². The first-order valence-electron chi connectivity index (χ1n) is 6.68. The van der Waals surface area contributed by atoms with E-state index in [4.69, 9.17) is 4.74 Å². The Hall–Kier alpha value is -1.95. The lowest BCUT2D eigenvalue weighted by atomic mass is 10.2. The Morgan fingerprint density at radius 3 is 2.50 bits per heavy atom. The Bertz CT molecular complexity index is 647. The highest BCUT2D eigenvalue weighted by atomic mass is 79.9. The largest absolute Gasteiger partial charge is 0.494 e. The first-order valence-corrected chi connectivity index (χ1v) is 7.47. The maximum Gasteiger partial charge on any atom is 0.224 e. The average Bonchev–Trinajstić information content (AvgIpc) is 2.49. The molecule has 0 fully saturated rings. The van der Waals surface area contributed by atoms with E-state index in [1.165, 1.54) is 6.07 Å². The molecule has 0 saturated carbocycles. The zero-order valence-corrected chi connectivity index (χ0v) is 13.2. The molecule has 2 aromatic rings. The van der Waals surface area contributed by atoms with Gasteiger partial charge in [-0.25, -0.2) is 8.78 Å². The summed E-state index contributed by atoms with van der Waals surface area (Å²) in [4.78, 5) is 11.7. The van der Waals surface area contributed by atoms with Gasteiger partial charge in [-0.15, -0.1) is 0 Å². The van der Waals surface area contributed by atoms with Crippen molar-refractivity contribution in [2.24, 2.45) is 0 Å². The number of hydrogen-bond acceptors (Lipinski definition) is 2. The first kappa shape index (κ1) is 16.4. The average molecular weight is 370 g/mol.